The van der Waals surface area contributed by atoms with Gasteiger partial charge >= 0.3 is 0 Å². The largest absolute Gasteiger partial charge is 0.489 e. The van der Waals surface area contributed by atoms with E-state index >= 15 is 0 Å². The molecule has 0 bridgehead atoms. The van der Waals surface area contributed by atoms with Gasteiger partial charge in [-0.15, -0.1) is 0 Å². The summed E-state index contributed by atoms with van der Waals surface area (Å²) in [5.41, 5.74) is 5.30. The first-order chi connectivity index (χ1) is 7.40. The van der Waals surface area contributed by atoms with Crippen LogP contribution in [0.4, 0.5) is 0 Å². The molecule has 0 atom stereocenters. The molecular weight excluding hydrogens is 194 g/mol. The van der Waals surface area contributed by atoms with E-state index in [0.717, 1.165) is 17.2 Å². The van der Waals surface area contributed by atoms with Crippen LogP contribution in [0.25, 0.3) is 0 Å². The summed E-state index contributed by atoms with van der Waals surface area (Å²) in [5, 5.41) is 0. The maximum Gasteiger partial charge on any atom is 0.231 e. The summed E-state index contributed by atoms with van der Waals surface area (Å²) in [7, 11) is 0. The van der Waals surface area contributed by atoms with Crippen molar-refractivity contribution in [1.29, 1.82) is 0 Å². The number of nitrogens with two attached hydrogens (primary N) is 1. The number of benzene rings is 1. The van der Waals surface area contributed by atoms with Crippen LogP contribution in [0.2, 0.25) is 0 Å². The predicted octanol–water partition coefficient (Wildman–Crippen LogP) is 1.31. The summed E-state index contributed by atoms with van der Waals surface area (Å²) in [6.07, 6.45) is 3.73. The van der Waals surface area contributed by atoms with Crippen molar-refractivity contribution in [1.82, 2.24) is 0 Å². The van der Waals surface area contributed by atoms with E-state index in [9.17, 15) is 0 Å². The molecular formula is C11H13NO3. The highest BCUT2D eigenvalue weighted by Crippen LogP contribution is 2.34. The maximum absolute atomic E-state index is 5.46. The number of ether oxygens (including phenoxy) is 3. The Morgan fingerprint density at radius 3 is 3.00 bits per heavy atom. The van der Waals surface area contributed by atoms with E-state index in [1.807, 2.05) is 30.4 Å². The quantitative estimate of drug-likeness (QED) is 0.756. The van der Waals surface area contributed by atoms with Gasteiger partial charge in [0, 0.05) is 12.6 Å². The van der Waals surface area contributed by atoms with Gasteiger partial charge in [0.2, 0.25) is 6.79 Å². The molecule has 1 aromatic rings. The fraction of sp³-hybridized carbons (Fsp3) is 0.273. The monoisotopic (exact) mass is 207 g/mol. The standard InChI is InChI=1S/C11H13NO3/c12-5-1-2-6-13-9-3-4-10-11(7-9)15-8-14-10/h1-4,7H,5-6,8,12H2. The van der Waals surface area contributed by atoms with E-state index in [4.69, 9.17) is 19.9 Å². The van der Waals surface area contributed by atoms with Crippen LogP contribution in [0.1, 0.15) is 0 Å². The third kappa shape index (κ3) is 2.41. The van der Waals surface area contributed by atoms with E-state index in [0.29, 0.717) is 13.2 Å². The summed E-state index contributed by atoms with van der Waals surface area (Å²) < 4.78 is 15.9. The lowest BCUT2D eigenvalue weighted by Gasteiger charge is -2.03. The van der Waals surface area contributed by atoms with Crippen LogP contribution in [0.5, 0.6) is 17.2 Å². The van der Waals surface area contributed by atoms with Gasteiger partial charge in [-0.25, -0.2) is 0 Å². The molecule has 2 N–H and O–H groups in total. The zero-order valence-corrected chi connectivity index (χ0v) is 8.31. The van der Waals surface area contributed by atoms with Gasteiger partial charge in [0.05, 0.1) is 0 Å². The lowest BCUT2D eigenvalue weighted by Crippen LogP contribution is -1.97. The van der Waals surface area contributed by atoms with Crippen LogP contribution in [-0.2, 0) is 0 Å². The van der Waals surface area contributed by atoms with E-state index in [1.165, 1.54) is 0 Å². The molecule has 4 heteroatoms. The van der Waals surface area contributed by atoms with Gasteiger partial charge in [-0.1, -0.05) is 12.2 Å². The van der Waals surface area contributed by atoms with E-state index in [-0.39, 0.29) is 6.79 Å². The second-order valence-corrected chi connectivity index (χ2v) is 3.03. The van der Waals surface area contributed by atoms with Crippen LogP contribution in [0.15, 0.2) is 30.4 Å². The molecule has 0 saturated heterocycles. The second-order valence-electron chi connectivity index (χ2n) is 3.03. The number of rotatable bonds is 4. The highest BCUT2D eigenvalue weighted by molar-refractivity contribution is 5.46. The van der Waals surface area contributed by atoms with Crippen molar-refractivity contribution in [3.8, 4) is 17.2 Å². The zero-order valence-electron chi connectivity index (χ0n) is 8.31. The Morgan fingerprint density at radius 1 is 1.27 bits per heavy atom. The van der Waals surface area contributed by atoms with Gasteiger partial charge in [0.15, 0.2) is 11.5 Å². The summed E-state index contributed by atoms with van der Waals surface area (Å²) in [6, 6.07) is 5.51. The lowest BCUT2D eigenvalue weighted by molar-refractivity contribution is 0.174. The Bertz CT molecular complexity index is 363. The van der Waals surface area contributed by atoms with Crippen molar-refractivity contribution in [2.45, 2.75) is 0 Å². The Labute approximate surface area is 88.2 Å². The third-order valence-electron chi connectivity index (χ3n) is 1.99. The first-order valence-electron chi connectivity index (χ1n) is 4.77. The molecule has 0 amide bonds. The van der Waals surface area contributed by atoms with Gasteiger partial charge < -0.3 is 19.9 Å². The second kappa shape index (κ2) is 4.70. The minimum Gasteiger partial charge on any atom is -0.489 e. The molecule has 80 valence electrons. The number of hydrogen-bond donors (Lipinski definition) is 1. The van der Waals surface area contributed by atoms with Gasteiger partial charge in [-0.3, -0.25) is 0 Å². The topological polar surface area (TPSA) is 53.7 Å². The molecule has 0 saturated carbocycles. The van der Waals surface area contributed by atoms with E-state index in [1.54, 1.807) is 0 Å². The minimum atomic E-state index is 0.284. The Hall–Kier alpha value is -1.68. The molecule has 0 unspecified atom stereocenters. The summed E-state index contributed by atoms with van der Waals surface area (Å²) in [6.45, 7) is 1.33. The van der Waals surface area contributed by atoms with Crippen molar-refractivity contribution >= 4 is 0 Å². The smallest absolute Gasteiger partial charge is 0.231 e. The summed E-state index contributed by atoms with van der Waals surface area (Å²) in [4.78, 5) is 0. The normalized spacial score (nSPS) is 13.4. The van der Waals surface area contributed by atoms with Gasteiger partial charge in [0.25, 0.3) is 0 Å². The highest BCUT2D eigenvalue weighted by Gasteiger charge is 2.13. The first-order valence-corrected chi connectivity index (χ1v) is 4.77. The molecule has 0 radical (unpaired) electrons. The summed E-state index contributed by atoms with van der Waals surface area (Å²) in [5.74, 6) is 2.26. The van der Waals surface area contributed by atoms with E-state index < -0.39 is 0 Å². The van der Waals surface area contributed by atoms with Crippen LogP contribution in [0, 0.1) is 0 Å². The van der Waals surface area contributed by atoms with Crippen molar-refractivity contribution in [2.24, 2.45) is 5.73 Å². The SMILES string of the molecule is NCC=CCOc1ccc2c(c1)OCO2. The Balaban J connectivity index is 1.95. The van der Waals surface area contributed by atoms with Crippen LogP contribution in [0.3, 0.4) is 0 Å². The molecule has 0 fully saturated rings. The van der Waals surface area contributed by atoms with Crippen LogP contribution in [-0.4, -0.2) is 19.9 Å². The zero-order chi connectivity index (χ0) is 10.5. The average Bonchev–Trinajstić information content (AvgIpc) is 2.71. The number of fused-ring (bicyclic) bond motifs is 1. The Morgan fingerprint density at radius 2 is 2.13 bits per heavy atom. The molecule has 0 aromatic heterocycles. The van der Waals surface area contributed by atoms with Crippen molar-refractivity contribution in [2.75, 3.05) is 19.9 Å². The molecule has 1 aromatic carbocycles. The molecule has 0 spiro atoms. The lowest BCUT2D eigenvalue weighted by atomic mass is 10.3. The predicted molar refractivity (Wildman–Crippen MR) is 56.3 cm³/mol. The molecule has 2 rings (SSSR count). The first kappa shape index (κ1) is 9.86. The fourth-order valence-corrected chi connectivity index (χ4v) is 1.28. The average molecular weight is 207 g/mol. The minimum absolute atomic E-state index is 0.284. The molecule has 15 heavy (non-hydrogen) atoms. The van der Waals surface area contributed by atoms with Crippen LogP contribution >= 0.6 is 0 Å². The molecule has 1 heterocycles. The van der Waals surface area contributed by atoms with Crippen LogP contribution < -0.4 is 19.9 Å². The third-order valence-corrected chi connectivity index (χ3v) is 1.99. The highest BCUT2D eigenvalue weighted by atomic mass is 16.7. The van der Waals surface area contributed by atoms with E-state index in [2.05, 4.69) is 0 Å². The molecule has 1 aliphatic rings. The fourth-order valence-electron chi connectivity index (χ4n) is 1.28. The molecule has 4 nitrogen and oxygen atoms in total. The maximum atomic E-state index is 5.46. The van der Waals surface area contributed by atoms with Crippen molar-refractivity contribution < 1.29 is 14.2 Å². The van der Waals surface area contributed by atoms with Crippen molar-refractivity contribution in [3.63, 3.8) is 0 Å². The molecule has 0 aliphatic carbocycles. The Kier molecular flexibility index (Phi) is 3.09. The summed E-state index contributed by atoms with van der Waals surface area (Å²) >= 11 is 0. The van der Waals surface area contributed by atoms with Gasteiger partial charge in [-0.2, -0.15) is 0 Å². The van der Waals surface area contributed by atoms with Gasteiger partial charge in [0.1, 0.15) is 12.4 Å². The van der Waals surface area contributed by atoms with Gasteiger partial charge in [-0.05, 0) is 12.1 Å². The van der Waals surface area contributed by atoms with Crippen molar-refractivity contribution in [3.05, 3.63) is 30.4 Å². The molecule has 1 aliphatic heterocycles. The number of hydrogen-bond acceptors (Lipinski definition) is 4.